The average molecular weight is 325 g/mol. The molecule has 0 bridgehead atoms. The highest BCUT2D eigenvalue weighted by molar-refractivity contribution is 8.04. The number of halogens is 1. The van der Waals surface area contributed by atoms with Crippen LogP contribution in [0.1, 0.15) is 5.56 Å². The normalized spacial score (nSPS) is 15.7. The van der Waals surface area contributed by atoms with Gasteiger partial charge in [-0.3, -0.25) is 4.79 Å². The molecule has 1 aliphatic heterocycles. The Morgan fingerprint density at radius 3 is 2.50 bits per heavy atom. The molecule has 0 aliphatic carbocycles. The lowest BCUT2D eigenvalue weighted by atomic mass is 10.2. The Labute approximate surface area is 131 Å². The lowest BCUT2D eigenvalue weighted by Crippen LogP contribution is -2.41. The monoisotopic (exact) mass is 325 g/mol. The maximum atomic E-state index is 12.8. The molecule has 1 saturated heterocycles. The molecule has 0 atom stereocenters. The molecule has 118 valence electrons. The molecule has 1 aliphatic rings. The SMILES string of the molecule is O=C(O)/C(=C\c1ccc(F)cc1)SCC(=O)N1CCOCC1. The van der Waals surface area contributed by atoms with Crippen LogP contribution in [-0.2, 0) is 14.3 Å². The molecule has 22 heavy (non-hydrogen) atoms. The predicted molar refractivity (Wildman–Crippen MR) is 81.9 cm³/mol. The molecule has 0 aromatic heterocycles. The second-order valence-corrected chi connectivity index (χ2v) is 5.66. The molecule has 0 radical (unpaired) electrons. The van der Waals surface area contributed by atoms with Crippen LogP contribution in [0, 0.1) is 5.82 Å². The van der Waals surface area contributed by atoms with Crippen LogP contribution in [0.15, 0.2) is 29.2 Å². The molecule has 0 saturated carbocycles. The Balaban J connectivity index is 1.98. The molecule has 1 aromatic carbocycles. The number of amides is 1. The van der Waals surface area contributed by atoms with Crippen molar-refractivity contribution in [2.45, 2.75) is 0 Å². The van der Waals surface area contributed by atoms with E-state index in [0.29, 0.717) is 31.9 Å². The van der Waals surface area contributed by atoms with Crippen LogP contribution in [0.25, 0.3) is 6.08 Å². The van der Waals surface area contributed by atoms with Gasteiger partial charge in [0.25, 0.3) is 0 Å². The van der Waals surface area contributed by atoms with E-state index in [2.05, 4.69) is 0 Å². The number of hydrogen-bond acceptors (Lipinski definition) is 4. The first-order valence-corrected chi connectivity index (χ1v) is 7.73. The molecule has 7 heteroatoms. The third-order valence-electron chi connectivity index (χ3n) is 3.09. The Hall–Kier alpha value is -1.86. The van der Waals surface area contributed by atoms with Crippen molar-refractivity contribution in [3.05, 3.63) is 40.6 Å². The van der Waals surface area contributed by atoms with Gasteiger partial charge in [0.2, 0.25) is 5.91 Å². The van der Waals surface area contributed by atoms with Gasteiger partial charge in [-0.05, 0) is 23.8 Å². The predicted octanol–water partition coefficient (Wildman–Crippen LogP) is 1.84. The largest absolute Gasteiger partial charge is 0.477 e. The van der Waals surface area contributed by atoms with E-state index in [-0.39, 0.29) is 22.4 Å². The van der Waals surface area contributed by atoms with E-state index in [9.17, 15) is 19.1 Å². The van der Waals surface area contributed by atoms with Gasteiger partial charge >= 0.3 is 5.97 Å². The van der Waals surface area contributed by atoms with Crippen molar-refractivity contribution in [3.8, 4) is 0 Å². The Kier molecular flexibility index (Phi) is 5.97. The summed E-state index contributed by atoms with van der Waals surface area (Å²) < 4.78 is 18.0. The number of carboxylic acid groups (broad SMARTS) is 1. The zero-order valence-electron chi connectivity index (χ0n) is 11.8. The first-order chi connectivity index (χ1) is 10.6. The van der Waals surface area contributed by atoms with Crippen molar-refractivity contribution in [1.82, 2.24) is 4.90 Å². The summed E-state index contributed by atoms with van der Waals surface area (Å²) in [5.74, 6) is -1.55. The Morgan fingerprint density at radius 1 is 1.27 bits per heavy atom. The van der Waals surface area contributed by atoms with E-state index in [0.717, 1.165) is 11.8 Å². The van der Waals surface area contributed by atoms with Gasteiger partial charge in [-0.25, -0.2) is 9.18 Å². The van der Waals surface area contributed by atoms with E-state index >= 15 is 0 Å². The number of carboxylic acids is 1. The number of carbonyl (C=O) groups excluding carboxylic acids is 1. The fraction of sp³-hybridized carbons (Fsp3) is 0.333. The highest BCUT2D eigenvalue weighted by atomic mass is 32.2. The maximum Gasteiger partial charge on any atom is 0.342 e. The number of carbonyl (C=O) groups is 2. The summed E-state index contributed by atoms with van der Waals surface area (Å²) in [6.07, 6.45) is 1.43. The minimum absolute atomic E-state index is 0.0493. The second kappa shape index (κ2) is 7.95. The first kappa shape index (κ1) is 16.5. The van der Waals surface area contributed by atoms with E-state index in [1.807, 2.05) is 0 Å². The van der Waals surface area contributed by atoms with E-state index in [4.69, 9.17) is 4.74 Å². The fourth-order valence-corrected chi connectivity index (χ4v) is 2.72. The van der Waals surface area contributed by atoms with Crippen molar-refractivity contribution in [2.24, 2.45) is 0 Å². The lowest BCUT2D eigenvalue weighted by molar-refractivity contribution is -0.132. The Morgan fingerprint density at radius 2 is 1.91 bits per heavy atom. The second-order valence-electron chi connectivity index (χ2n) is 4.65. The Bertz CT molecular complexity index is 567. The zero-order valence-corrected chi connectivity index (χ0v) is 12.6. The van der Waals surface area contributed by atoms with Crippen LogP contribution in [0.4, 0.5) is 4.39 Å². The van der Waals surface area contributed by atoms with Crippen molar-refractivity contribution in [1.29, 1.82) is 0 Å². The molecule has 1 heterocycles. The highest BCUT2D eigenvalue weighted by Gasteiger charge is 2.18. The number of hydrogen-bond donors (Lipinski definition) is 1. The van der Waals surface area contributed by atoms with Gasteiger partial charge in [0, 0.05) is 13.1 Å². The lowest BCUT2D eigenvalue weighted by Gasteiger charge is -2.26. The molecule has 1 fully saturated rings. The summed E-state index contributed by atoms with van der Waals surface area (Å²) in [6, 6.07) is 5.50. The molecule has 1 N–H and O–H groups in total. The maximum absolute atomic E-state index is 12.8. The van der Waals surface area contributed by atoms with Crippen molar-refractivity contribution in [2.75, 3.05) is 32.1 Å². The van der Waals surface area contributed by atoms with Gasteiger partial charge in [0.15, 0.2) is 0 Å². The van der Waals surface area contributed by atoms with E-state index in [1.165, 1.54) is 30.3 Å². The van der Waals surface area contributed by atoms with Crippen LogP contribution < -0.4 is 0 Å². The van der Waals surface area contributed by atoms with Gasteiger partial charge in [-0.1, -0.05) is 12.1 Å². The van der Waals surface area contributed by atoms with Gasteiger partial charge in [0.05, 0.1) is 23.9 Å². The average Bonchev–Trinajstić information content (AvgIpc) is 2.53. The number of benzene rings is 1. The third-order valence-corrected chi connectivity index (χ3v) is 4.09. The third kappa shape index (κ3) is 4.85. The van der Waals surface area contributed by atoms with Gasteiger partial charge < -0.3 is 14.7 Å². The summed E-state index contributed by atoms with van der Waals surface area (Å²) >= 11 is 0.966. The van der Waals surface area contributed by atoms with Gasteiger partial charge in [-0.15, -0.1) is 11.8 Å². The number of thioether (sulfide) groups is 1. The van der Waals surface area contributed by atoms with Crippen LogP contribution >= 0.6 is 11.8 Å². The van der Waals surface area contributed by atoms with Crippen LogP contribution in [0.5, 0.6) is 0 Å². The molecule has 0 spiro atoms. The van der Waals surface area contributed by atoms with Crippen molar-refractivity contribution in [3.63, 3.8) is 0 Å². The minimum atomic E-state index is -1.11. The smallest absolute Gasteiger partial charge is 0.342 e. The molecule has 1 aromatic rings. The number of morpholine rings is 1. The zero-order chi connectivity index (χ0) is 15.9. The quantitative estimate of drug-likeness (QED) is 0.837. The van der Waals surface area contributed by atoms with Crippen LogP contribution in [-0.4, -0.2) is 53.9 Å². The van der Waals surface area contributed by atoms with Gasteiger partial charge in [-0.2, -0.15) is 0 Å². The van der Waals surface area contributed by atoms with Crippen LogP contribution in [0.2, 0.25) is 0 Å². The summed E-state index contributed by atoms with van der Waals surface area (Å²) in [7, 11) is 0. The molecule has 5 nitrogen and oxygen atoms in total. The van der Waals surface area contributed by atoms with Crippen molar-refractivity contribution >= 4 is 29.7 Å². The van der Waals surface area contributed by atoms with Crippen molar-refractivity contribution < 1.29 is 23.8 Å². The van der Waals surface area contributed by atoms with E-state index in [1.54, 1.807) is 4.90 Å². The number of aliphatic carboxylic acids is 1. The summed E-state index contributed by atoms with van der Waals surface area (Å²) in [6.45, 7) is 2.08. The minimum Gasteiger partial charge on any atom is -0.477 e. The standard InChI is InChI=1S/C15H16FNO4S/c16-12-3-1-11(2-4-12)9-13(15(19)20)22-10-14(18)17-5-7-21-8-6-17/h1-4,9H,5-8,10H2,(H,19,20)/b13-9+. The number of rotatable bonds is 5. The summed E-state index contributed by atoms with van der Waals surface area (Å²) in [4.78, 5) is 25.0. The molecular weight excluding hydrogens is 309 g/mol. The highest BCUT2D eigenvalue weighted by Crippen LogP contribution is 2.20. The topological polar surface area (TPSA) is 66.8 Å². The van der Waals surface area contributed by atoms with E-state index < -0.39 is 5.97 Å². The molecular formula is C15H16FNO4S. The first-order valence-electron chi connectivity index (χ1n) is 6.75. The molecule has 0 unspecified atom stereocenters. The molecule has 2 rings (SSSR count). The number of ether oxygens (including phenoxy) is 1. The fourth-order valence-electron chi connectivity index (χ4n) is 1.92. The van der Waals surface area contributed by atoms with Gasteiger partial charge in [0.1, 0.15) is 5.82 Å². The summed E-state index contributed by atoms with van der Waals surface area (Å²) in [5.41, 5.74) is 0.574. The number of nitrogens with zero attached hydrogens (tertiary/aromatic N) is 1. The molecule has 1 amide bonds. The van der Waals surface area contributed by atoms with Crippen LogP contribution in [0.3, 0.4) is 0 Å². The summed E-state index contributed by atoms with van der Waals surface area (Å²) in [5, 5.41) is 9.20.